The van der Waals surface area contributed by atoms with Gasteiger partial charge in [-0.2, -0.15) is 0 Å². The van der Waals surface area contributed by atoms with Gasteiger partial charge in [0.2, 0.25) is 0 Å². The van der Waals surface area contributed by atoms with Crippen LogP contribution in [0, 0.1) is 0 Å². The van der Waals surface area contributed by atoms with E-state index in [2.05, 4.69) is 10.6 Å². The third-order valence-corrected chi connectivity index (χ3v) is 6.45. The number of amides is 2. The zero-order valence-corrected chi connectivity index (χ0v) is 25.8. The van der Waals surface area contributed by atoms with Crippen LogP contribution in [0.4, 0.5) is 0 Å². The standard InChI is InChI=1S/C33H42N2O9/c1-38-18-20-43-30-22-26(40-3)10-12-28(30)32(36)34-15-5-17-42-25-8-6-24(7-9-25)14-16-35-33(37)29-13-11-27(41-4)23-31(29)44-21-19-39-2/h6-13,22-23H,5,14-21H2,1-4H3,(H,34,36)(H,35,37). The van der Waals surface area contributed by atoms with Gasteiger partial charge in [-0.15, -0.1) is 0 Å². The summed E-state index contributed by atoms with van der Waals surface area (Å²) in [5.74, 6) is 2.35. The van der Waals surface area contributed by atoms with E-state index >= 15 is 0 Å². The highest BCUT2D eigenvalue weighted by Gasteiger charge is 2.15. The van der Waals surface area contributed by atoms with Gasteiger partial charge in [-0.1, -0.05) is 12.1 Å². The quantitative estimate of drug-likeness (QED) is 0.183. The number of benzene rings is 3. The van der Waals surface area contributed by atoms with Gasteiger partial charge in [-0.3, -0.25) is 9.59 Å². The highest BCUT2D eigenvalue weighted by Crippen LogP contribution is 2.26. The maximum Gasteiger partial charge on any atom is 0.255 e. The van der Waals surface area contributed by atoms with E-state index in [0.29, 0.717) is 93.1 Å². The van der Waals surface area contributed by atoms with Crippen molar-refractivity contribution in [1.29, 1.82) is 0 Å². The molecule has 0 aliphatic carbocycles. The van der Waals surface area contributed by atoms with Gasteiger partial charge >= 0.3 is 0 Å². The second kappa shape index (κ2) is 18.9. The molecule has 0 heterocycles. The summed E-state index contributed by atoms with van der Waals surface area (Å²) in [6.07, 6.45) is 1.27. The van der Waals surface area contributed by atoms with Crippen LogP contribution in [0.3, 0.4) is 0 Å². The van der Waals surface area contributed by atoms with E-state index in [1.807, 2.05) is 24.3 Å². The van der Waals surface area contributed by atoms with Crippen LogP contribution in [-0.4, -0.2) is 86.4 Å². The number of hydrogen-bond acceptors (Lipinski definition) is 9. The SMILES string of the molecule is COCCOc1cc(OC)ccc1C(=O)NCCCOc1ccc(CCNC(=O)c2ccc(OC)cc2OCCOC)cc1. The average molecular weight is 611 g/mol. The molecular formula is C33H42N2O9. The lowest BCUT2D eigenvalue weighted by Gasteiger charge is -2.13. The van der Waals surface area contributed by atoms with E-state index in [4.69, 9.17) is 33.2 Å². The summed E-state index contributed by atoms with van der Waals surface area (Å²) in [6, 6.07) is 17.9. The molecule has 0 saturated carbocycles. The maximum absolute atomic E-state index is 12.8. The van der Waals surface area contributed by atoms with Crippen molar-refractivity contribution in [2.24, 2.45) is 0 Å². The fourth-order valence-electron chi connectivity index (χ4n) is 4.07. The van der Waals surface area contributed by atoms with Crippen molar-refractivity contribution >= 4 is 11.8 Å². The Morgan fingerprint density at radius 2 is 1.07 bits per heavy atom. The fourth-order valence-corrected chi connectivity index (χ4v) is 4.07. The Kier molecular flexibility index (Phi) is 14.6. The van der Waals surface area contributed by atoms with Gasteiger partial charge in [0, 0.05) is 39.4 Å². The molecule has 0 bridgehead atoms. The Labute approximate surface area is 258 Å². The van der Waals surface area contributed by atoms with Gasteiger partial charge in [-0.25, -0.2) is 0 Å². The Balaban J connectivity index is 1.39. The van der Waals surface area contributed by atoms with E-state index in [0.717, 1.165) is 11.3 Å². The van der Waals surface area contributed by atoms with E-state index < -0.39 is 0 Å². The van der Waals surface area contributed by atoms with Crippen molar-refractivity contribution in [1.82, 2.24) is 10.6 Å². The fraction of sp³-hybridized carbons (Fsp3) is 0.394. The highest BCUT2D eigenvalue weighted by molar-refractivity contribution is 5.97. The summed E-state index contributed by atoms with van der Waals surface area (Å²) in [4.78, 5) is 25.5. The number of methoxy groups -OCH3 is 4. The molecule has 3 rings (SSSR count). The predicted molar refractivity (Wildman–Crippen MR) is 166 cm³/mol. The van der Waals surface area contributed by atoms with Crippen LogP contribution in [0.5, 0.6) is 28.7 Å². The molecule has 0 saturated heterocycles. The molecule has 0 spiro atoms. The van der Waals surface area contributed by atoms with Crippen molar-refractivity contribution in [3.8, 4) is 28.7 Å². The van der Waals surface area contributed by atoms with Crippen molar-refractivity contribution < 1.29 is 42.7 Å². The van der Waals surface area contributed by atoms with E-state index in [1.165, 1.54) is 0 Å². The molecule has 0 radical (unpaired) electrons. The second-order valence-corrected chi connectivity index (χ2v) is 9.51. The van der Waals surface area contributed by atoms with Crippen LogP contribution in [-0.2, 0) is 15.9 Å². The third kappa shape index (κ3) is 11.0. The van der Waals surface area contributed by atoms with E-state index in [9.17, 15) is 9.59 Å². The molecule has 11 nitrogen and oxygen atoms in total. The molecule has 0 atom stereocenters. The van der Waals surface area contributed by atoms with Crippen LogP contribution in [0.15, 0.2) is 60.7 Å². The Morgan fingerprint density at radius 1 is 0.568 bits per heavy atom. The molecule has 0 aliphatic rings. The van der Waals surface area contributed by atoms with Gasteiger partial charge in [0.1, 0.15) is 42.0 Å². The third-order valence-electron chi connectivity index (χ3n) is 6.45. The molecule has 2 amide bonds. The highest BCUT2D eigenvalue weighted by atomic mass is 16.5. The molecule has 44 heavy (non-hydrogen) atoms. The van der Waals surface area contributed by atoms with Gasteiger partial charge < -0.3 is 43.8 Å². The Bertz CT molecular complexity index is 1320. The Hall–Kier alpha value is -4.48. The van der Waals surface area contributed by atoms with Crippen molar-refractivity contribution in [2.45, 2.75) is 12.8 Å². The van der Waals surface area contributed by atoms with Crippen LogP contribution >= 0.6 is 0 Å². The molecule has 238 valence electrons. The summed E-state index contributed by atoms with van der Waals surface area (Å²) in [5, 5.41) is 5.85. The normalized spacial score (nSPS) is 10.5. The first kappa shape index (κ1) is 34.0. The van der Waals surface area contributed by atoms with Crippen molar-refractivity contribution in [3.63, 3.8) is 0 Å². The average Bonchev–Trinajstić information content (AvgIpc) is 3.05. The summed E-state index contributed by atoms with van der Waals surface area (Å²) in [6.45, 7) is 2.79. The topological polar surface area (TPSA) is 123 Å². The molecule has 11 heteroatoms. The molecule has 0 aliphatic heterocycles. The second-order valence-electron chi connectivity index (χ2n) is 9.51. The maximum atomic E-state index is 12.8. The van der Waals surface area contributed by atoms with Gasteiger partial charge in [-0.05, 0) is 54.8 Å². The van der Waals surface area contributed by atoms with Crippen LogP contribution in [0.1, 0.15) is 32.7 Å². The molecule has 0 fully saturated rings. The summed E-state index contributed by atoms with van der Waals surface area (Å²) < 4.78 is 37.8. The Morgan fingerprint density at radius 3 is 1.57 bits per heavy atom. The molecule has 2 N–H and O–H groups in total. The number of carbonyl (C=O) groups is 2. The molecule has 3 aromatic carbocycles. The van der Waals surface area contributed by atoms with Crippen molar-refractivity contribution in [3.05, 3.63) is 77.4 Å². The molecular weight excluding hydrogens is 568 g/mol. The first-order chi connectivity index (χ1) is 21.5. The van der Waals surface area contributed by atoms with Gasteiger partial charge in [0.25, 0.3) is 11.8 Å². The lowest BCUT2D eigenvalue weighted by molar-refractivity contribution is 0.0936. The first-order valence-electron chi connectivity index (χ1n) is 14.4. The number of nitrogens with one attached hydrogen (secondary N) is 2. The minimum absolute atomic E-state index is 0.228. The smallest absolute Gasteiger partial charge is 0.255 e. The van der Waals surface area contributed by atoms with Crippen LogP contribution in [0.25, 0.3) is 0 Å². The van der Waals surface area contributed by atoms with Crippen molar-refractivity contribution in [2.75, 3.05) is 74.6 Å². The zero-order valence-electron chi connectivity index (χ0n) is 25.8. The predicted octanol–water partition coefficient (Wildman–Crippen LogP) is 3.93. The molecule has 0 unspecified atom stereocenters. The summed E-state index contributed by atoms with van der Waals surface area (Å²) in [5.41, 5.74) is 1.91. The summed E-state index contributed by atoms with van der Waals surface area (Å²) >= 11 is 0. The number of hydrogen-bond donors (Lipinski definition) is 2. The molecule has 3 aromatic rings. The van der Waals surface area contributed by atoms with Gasteiger partial charge in [0.05, 0.1) is 45.2 Å². The number of carbonyl (C=O) groups excluding carboxylic acids is 2. The minimum atomic E-state index is -0.238. The van der Waals surface area contributed by atoms with Crippen LogP contribution < -0.4 is 34.3 Å². The van der Waals surface area contributed by atoms with Gasteiger partial charge in [0.15, 0.2) is 0 Å². The largest absolute Gasteiger partial charge is 0.497 e. The first-order valence-corrected chi connectivity index (χ1v) is 14.4. The summed E-state index contributed by atoms with van der Waals surface area (Å²) in [7, 11) is 6.30. The molecule has 0 aromatic heterocycles. The minimum Gasteiger partial charge on any atom is -0.497 e. The number of ether oxygens (including phenoxy) is 7. The zero-order chi connectivity index (χ0) is 31.6. The van der Waals surface area contributed by atoms with E-state index in [1.54, 1.807) is 64.8 Å². The number of rotatable bonds is 20. The van der Waals surface area contributed by atoms with Crippen LogP contribution in [0.2, 0.25) is 0 Å². The lowest BCUT2D eigenvalue weighted by atomic mass is 10.1. The lowest BCUT2D eigenvalue weighted by Crippen LogP contribution is -2.26. The van der Waals surface area contributed by atoms with E-state index in [-0.39, 0.29) is 11.8 Å². The monoisotopic (exact) mass is 610 g/mol.